The highest BCUT2D eigenvalue weighted by molar-refractivity contribution is 5.49. The van der Waals surface area contributed by atoms with Crippen LogP contribution in [-0.2, 0) is 0 Å². The molecule has 2 nitrogen and oxygen atoms in total. The number of aromatic hydroxyl groups is 1. The van der Waals surface area contributed by atoms with E-state index in [4.69, 9.17) is 4.74 Å². The second-order valence-corrected chi connectivity index (χ2v) is 6.64. The predicted octanol–water partition coefficient (Wildman–Crippen LogP) is 5.35. The number of phenols is 1. The smallest absolute Gasteiger partial charge is 0.122 e. The van der Waals surface area contributed by atoms with Crippen LogP contribution >= 0.6 is 0 Å². The van der Waals surface area contributed by atoms with Crippen LogP contribution in [-0.4, -0.2) is 11.2 Å². The molecule has 0 radical (unpaired) electrons. The highest BCUT2D eigenvalue weighted by Crippen LogP contribution is 2.38. The lowest BCUT2D eigenvalue weighted by molar-refractivity contribution is 0.154. The van der Waals surface area contributed by atoms with Crippen LogP contribution in [0.3, 0.4) is 0 Å². The Labute approximate surface area is 123 Å². The molecule has 1 aliphatic carbocycles. The Morgan fingerprint density at radius 3 is 1.90 bits per heavy atom. The Hall–Kier alpha value is -1.18. The van der Waals surface area contributed by atoms with Gasteiger partial charge in [-0.15, -0.1) is 0 Å². The average molecular weight is 276 g/mol. The molecule has 1 fully saturated rings. The summed E-state index contributed by atoms with van der Waals surface area (Å²) in [6.45, 7) is 8.46. The Morgan fingerprint density at radius 1 is 0.950 bits per heavy atom. The Bertz CT molecular complexity index is 414. The van der Waals surface area contributed by atoms with E-state index in [0.29, 0.717) is 23.7 Å². The minimum atomic E-state index is 0.308. The van der Waals surface area contributed by atoms with Crippen molar-refractivity contribution in [1.82, 2.24) is 0 Å². The molecule has 0 amide bonds. The van der Waals surface area contributed by atoms with Crippen LogP contribution in [0.25, 0.3) is 0 Å². The van der Waals surface area contributed by atoms with Gasteiger partial charge in [0.2, 0.25) is 0 Å². The summed E-state index contributed by atoms with van der Waals surface area (Å²) in [7, 11) is 0. The topological polar surface area (TPSA) is 29.5 Å². The maximum atomic E-state index is 10.4. The zero-order valence-electron chi connectivity index (χ0n) is 13.3. The second kappa shape index (κ2) is 6.51. The first kappa shape index (κ1) is 15.2. The molecule has 0 saturated heterocycles. The highest BCUT2D eigenvalue weighted by atomic mass is 16.5. The number of benzene rings is 1. The van der Waals surface area contributed by atoms with Gasteiger partial charge in [0.25, 0.3) is 0 Å². The largest absolute Gasteiger partial charge is 0.507 e. The first-order valence-corrected chi connectivity index (χ1v) is 8.02. The van der Waals surface area contributed by atoms with Crippen LogP contribution in [0.2, 0.25) is 0 Å². The molecular weight excluding hydrogens is 248 g/mol. The van der Waals surface area contributed by atoms with Gasteiger partial charge in [0, 0.05) is 11.1 Å². The van der Waals surface area contributed by atoms with Crippen LogP contribution in [0.4, 0.5) is 0 Å². The third-order valence-electron chi connectivity index (χ3n) is 4.24. The second-order valence-electron chi connectivity index (χ2n) is 6.64. The normalized spacial score (nSPS) is 16.9. The van der Waals surface area contributed by atoms with E-state index in [1.54, 1.807) is 0 Å². The van der Waals surface area contributed by atoms with Crippen LogP contribution in [0.5, 0.6) is 11.5 Å². The molecular formula is C18H28O2. The van der Waals surface area contributed by atoms with Gasteiger partial charge < -0.3 is 9.84 Å². The molecule has 0 aromatic heterocycles. The zero-order valence-corrected chi connectivity index (χ0v) is 13.3. The fraction of sp³-hybridized carbons (Fsp3) is 0.667. The van der Waals surface area contributed by atoms with Crippen LogP contribution in [0.1, 0.15) is 82.8 Å². The number of hydrogen-bond acceptors (Lipinski definition) is 2. The maximum Gasteiger partial charge on any atom is 0.122 e. The molecule has 1 aromatic rings. The minimum absolute atomic E-state index is 0.308. The molecule has 1 aromatic carbocycles. The van der Waals surface area contributed by atoms with E-state index in [2.05, 4.69) is 27.7 Å². The number of phenolic OH excluding ortho intramolecular Hbond substituents is 1. The molecule has 1 N–H and O–H groups in total. The molecule has 2 heteroatoms. The van der Waals surface area contributed by atoms with E-state index in [0.717, 1.165) is 29.7 Å². The minimum Gasteiger partial charge on any atom is -0.507 e. The third-order valence-corrected chi connectivity index (χ3v) is 4.24. The van der Waals surface area contributed by atoms with Gasteiger partial charge in [0.1, 0.15) is 11.5 Å². The fourth-order valence-corrected chi connectivity index (χ4v) is 2.98. The van der Waals surface area contributed by atoms with E-state index in [-0.39, 0.29) is 0 Å². The standard InChI is InChI=1S/C18H28O2/c1-12(2)16-10-15(11-17(13(3)4)18(16)19)20-14-8-6-5-7-9-14/h10-14,19H,5-9H2,1-4H3. The quantitative estimate of drug-likeness (QED) is 0.803. The maximum absolute atomic E-state index is 10.4. The van der Waals surface area contributed by atoms with Crippen molar-refractivity contribution in [1.29, 1.82) is 0 Å². The molecule has 0 unspecified atom stereocenters. The van der Waals surface area contributed by atoms with Crippen LogP contribution in [0, 0.1) is 0 Å². The molecule has 112 valence electrons. The van der Waals surface area contributed by atoms with Gasteiger partial charge in [-0.2, -0.15) is 0 Å². The van der Waals surface area contributed by atoms with Gasteiger partial charge in [-0.25, -0.2) is 0 Å². The summed E-state index contributed by atoms with van der Waals surface area (Å²) in [5.74, 6) is 2.00. The lowest BCUT2D eigenvalue weighted by atomic mass is 9.93. The van der Waals surface area contributed by atoms with Crippen molar-refractivity contribution in [3.8, 4) is 11.5 Å². The van der Waals surface area contributed by atoms with Crippen molar-refractivity contribution >= 4 is 0 Å². The zero-order chi connectivity index (χ0) is 14.7. The monoisotopic (exact) mass is 276 g/mol. The summed E-state index contributed by atoms with van der Waals surface area (Å²) in [6, 6.07) is 4.06. The fourth-order valence-electron chi connectivity index (χ4n) is 2.98. The number of hydrogen-bond donors (Lipinski definition) is 1. The summed E-state index contributed by atoms with van der Waals surface area (Å²) in [5.41, 5.74) is 2.00. The Morgan fingerprint density at radius 2 is 1.45 bits per heavy atom. The first-order chi connectivity index (χ1) is 9.49. The number of ether oxygens (including phenoxy) is 1. The molecule has 0 atom stereocenters. The van der Waals surface area contributed by atoms with E-state index < -0.39 is 0 Å². The lowest BCUT2D eigenvalue weighted by Gasteiger charge is -2.25. The number of rotatable bonds is 4. The van der Waals surface area contributed by atoms with Crippen molar-refractivity contribution in [3.63, 3.8) is 0 Å². The van der Waals surface area contributed by atoms with Crippen molar-refractivity contribution in [2.24, 2.45) is 0 Å². The predicted molar refractivity (Wildman–Crippen MR) is 83.8 cm³/mol. The lowest BCUT2D eigenvalue weighted by Crippen LogP contribution is -2.19. The molecule has 2 rings (SSSR count). The van der Waals surface area contributed by atoms with Gasteiger partial charge in [0.05, 0.1) is 6.10 Å². The SMILES string of the molecule is CC(C)c1cc(OC2CCCCC2)cc(C(C)C)c1O. The molecule has 20 heavy (non-hydrogen) atoms. The van der Waals surface area contributed by atoms with E-state index in [1.165, 1.54) is 19.3 Å². The van der Waals surface area contributed by atoms with E-state index >= 15 is 0 Å². The molecule has 0 heterocycles. The van der Waals surface area contributed by atoms with Gasteiger partial charge in [0.15, 0.2) is 0 Å². The summed E-state index contributed by atoms with van der Waals surface area (Å²) < 4.78 is 6.18. The molecule has 1 saturated carbocycles. The van der Waals surface area contributed by atoms with Gasteiger partial charge in [-0.3, -0.25) is 0 Å². The van der Waals surface area contributed by atoms with Crippen molar-refractivity contribution in [3.05, 3.63) is 23.3 Å². The summed E-state index contributed by atoms with van der Waals surface area (Å²) in [5, 5.41) is 10.4. The van der Waals surface area contributed by atoms with Gasteiger partial charge in [-0.1, -0.05) is 34.1 Å². The van der Waals surface area contributed by atoms with Crippen molar-refractivity contribution < 1.29 is 9.84 Å². The Balaban J connectivity index is 2.27. The van der Waals surface area contributed by atoms with Crippen molar-refractivity contribution in [2.75, 3.05) is 0 Å². The molecule has 0 spiro atoms. The molecule has 1 aliphatic rings. The average Bonchev–Trinajstić information content (AvgIpc) is 2.41. The van der Waals surface area contributed by atoms with Crippen LogP contribution in [0.15, 0.2) is 12.1 Å². The highest BCUT2D eigenvalue weighted by Gasteiger charge is 2.19. The van der Waals surface area contributed by atoms with Gasteiger partial charge >= 0.3 is 0 Å². The van der Waals surface area contributed by atoms with Crippen LogP contribution < -0.4 is 4.74 Å². The third kappa shape index (κ3) is 3.47. The summed E-state index contributed by atoms with van der Waals surface area (Å²) in [6.07, 6.45) is 6.56. The van der Waals surface area contributed by atoms with Gasteiger partial charge in [-0.05, 0) is 49.7 Å². The van der Waals surface area contributed by atoms with E-state index in [9.17, 15) is 5.11 Å². The summed E-state index contributed by atoms with van der Waals surface area (Å²) >= 11 is 0. The first-order valence-electron chi connectivity index (χ1n) is 8.02. The van der Waals surface area contributed by atoms with Crippen molar-refractivity contribution in [2.45, 2.75) is 77.7 Å². The van der Waals surface area contributed by atoms with E-state index in [1.807, 2.05) is 12.1 Å². The molecule has 0 bridgehead atoms. The Kier molecular flexibility index (Phi) is 4.95. The molecule has 0 aliphatic heterocycles. The summed E-state index contributed by atoms with van der Waals surface area (Å²) in [4.78, 5) is 0.